The maximum atomic E-state index is 11.9. The zero-order valence-corrected chi connectivity index (χ0v) is 10.3. The fourth-order valence-corrected chi connectivity index (χ4v) is 1.68. The lowest BCUT2D eigenvalue weighted by Gasteiger charge is -2.08. The topological polar surface area (TPSA) is 42.2 Å². The molecule has 17 heavy (non-hydrogen) atoms. The molecule has 0 fully saturated rings. The minimum Gasteiger partial charge on any atom is -0.463 e. The summed E-state index contributed by atoms with van der Waals surface area (Å²) in [5.41, 5.74) is 1.30. The van der Waals surface area contributed by atoms with Gasteiger partial charge in [-0.1, -0.05) is 25.1 Å². The van der Waals surface area contributed by atoms with Crippen LogP contribution < -0.4 is 5.32 Å². The van der Waals surface area contributed by atoms with Crippen molar-refractivity contribution in [2.24, 2.45) is 5.92 Å². The van der Waals surface area contributed by atoms with E-state index in [0.29, 0.717) is 18.0 Å². The van der Waals surface area contributed by atoms with Crippen LogP contribution in [-0.4, -0.2) is 18.3 Å². The van der Waals surface area contributed by atoms with E-state index in [1.165, 1.54) is 6.26 Å². The Balaban J connectivity index is 2.14. The SMILES string of the molecule is CC(CCl)CNC(=O)c1coc2ccccc12. The third-order valence-electron chi connectivity index (χ3n) is 2.60. The fraction of sp³-hybridized carbons (Fsp3) is 0.308. The highest BCUT2D eigenvalue weighted by Crippen LogP contribution is 2.20. The molecule has 1 unspecified atom stereocenters. The van der Waals surface area contributed by atoms with Crippen molar-refractivity contribution in [1.82, 2.24) is 5.32 Å². The van der Waals surface area contributed by atoms with Crippen molar-refractivity contribution in [3.05, 3.63) is 36.1 Å². The predicted octanol–water partition coefficient (Wildman–Crippen LogP) is 3.04. The lowest BCUT2D eigenvalue weighted by Crippen LogP contribution is -2.28. The minimum atomic E-state index is -0.119. The number of para-hydroxylation sites is 1. The highest BCUT2D eigenvalue weighted by atomic mass is 35.5. The molecular weight excluding hydrogens is 238 g/mol. The molecular formula is C13H14ClNO2. The van der Waals surface area contributed by atoms with Crippen LogP contribution >= 0.6 is 11.6 Å². The summed E-state index contributed by atoms with van der Waals surface area (Å²) < 4.78 is 5.32. The van der Waals surface area contributed by atoms with Crippen molar-refractivity contribution in [2.75, 3.05) is 12.4 Å². The first-order valence-electron chi connectivity index (χ1n) is 5.52. The molecule has 0 spiro atoms. The molecule has 2 rings (SSSR count). The maximum Gasteiger partial charge on any atom is 0.255 e. The molecule has 1 amide bonds. The van der Waals surface area contributed by atoms with E-state index >= 15 is 0 Å². The van der Waals surface area contributed by atoms with Gasteiger partial charge in [-0.15, -0.1) is 11.6 Å². The van der Waals surface area contributed by atoms with E-state index in [0.717, 1.165) is 11.0 Å². The Kier molecular flexibility index (Phi) is 3.69. The molecule has 2 aromatic rings. The van der Waals surface area contributed by atoms with Crippen LogP contribution in [0.1, 0.15) is 17.3 Å². The second-order valence-electron chi connectivity index (χ2n) is 4.12. The van der Waals surface area contributed by atoms with Gasteiger partial charge in [0.2, 0.25) is 0 Å². The van der Waals surface area contributed by atoms with Gasteiger partial charge < -0.3 is 9.73 Å². The van der Waals surface area contributed by atoms with Gasteiger partial charge in [0.15, 0.2) is 0 Å². The van der Waals surface area contributed by atoms with Crippen LogP contribution in [-0.2, 0) is 0 Å². The van der Waals surface area contributed by atoms with Crippen LogP contribution in [0.25, 0.3) is 11.0 Å². The summed E-state index contributed by atoms with van der Waals surface area (Å²) in [6.45, 7) is 2.56. The van der Waals surface area contributed by atoms with E-state index in [2.05, 4.69) is 5.32 Å². The Morgan fingerprint density at radius 2 is 2.24 bits per heavy atom. The van der Waals surface area contributed by atoms with E-state index in [4.69, 9.17) is 16.0 Å². The number of hydrogen-bond donors (Lipinski definition) is 1. The molecule has 0 saturated heterocycles. The number of alkyl halides is 1. The highest BCUT2D eigenvalue weighted by molar-refractivity contribution is 6.18. The first kappa shape index (κ1) is 12.0. The maximum absolute atomic E-state index is 11.9. The van der Waals surface area contributed by atoms with Crippen LogP contribution in [0, 0.1) is 5.92 Å². The molecule has 0 aliphatic heterocycles. The van der Waals surface area contributed by atoms with E-state index in [9.17, 15) is 4.79 Å². The predicted molar refractivity (Wildman–Crippen MR) is 68.4 cm³/mol. The Morgan fingerprint density at radius 1 is 1.47 bits per heavy atom. The number of amides is 1. The van der Waals surface area contributed by atoms with Crippen molar-refractivity contribution in [3.8, 4) is 0 Å². The number of hydrogen-bond acceptors (Lipinski definition) is 2. The van der Waals surface area contributed by atoms with Gasteiger partial charge in [0.1, 0.15) is 11.8 Å². The molecule has 0 bridgehead atoms. The molecule has 1 heterocycles. The van der Waals surface area contributed by atoms with Gasteiger partial charge in [-0.25, -0.2) is 0 Å². The van der Waals surface area contributed by atoms with Gasteiger partial charge in [-0.05, 0) is 12.0 Å². The summed E-state index contributed by atoms with van der Waals surface area (Å²) in [5.74, 6) is 0.678. The van der Waals surface area contributed by atoms with E-state index in [1.807, 2.05) is 31.2 Å². The Hall–Kier alpha value is -1.48. The molecule has 90 valence electrons. The largest absolute Gasteiger partial charge is 0.463 e. The lowest BCUT2D eigenvalue weighted by molar-refractivity contribution is 0.0950. The summed E-state index contributed by atoms with van der Waals surface area (Å²) in [5, 5.41) is 3.68. The molecule has 4 heteroatoms. The average Bonchev–Trinajstić information content (AvgIpc) is 2.79. The third kappa shape index (κ3) is 2.61. The quantitative estimate of drug-likeness (QED) is 0.849. The number of carbonyl (C=O) groups is 1. The summed E-state index contributed by atoms with van der Waals surface area (Å²) in [6, 6.07) is 7.48. The van der Waals surface area contributed by atoms with Crippen molar-refractivity contribution >= 4 is 28.5 Å². The van der Waals surface area contributed by atoms with Crippen LogP contribution in [0.15, 0.2) is 34.9 Å². The fourth-order valence-electron chi connectivity index (χ4n) is 1.57. The van der Waals surface area contributed by atoms with Gasteiger partial charge >= 0.3 is 0 Å². The van der Waals surface area contributed by atoms with Gasteiger partial charge in [0.25, 0.3) is 5.91 Å². The molecule has 0 radical (unpaired) electrons. The number of halogens is 1. The van der Waals surface area contributed by atoms with Gasteiger partial charge in [-0.2, -0.15) is 0 Å². The van der Waals surface area contributed by atoms with Gasteiger partial charge in [-0.3, -0.25) is 4.79 Å². The summed E-state index contributed by atoms with van der Waals surface area (Å²) in [6.07, 6.45) is 1.49. The molecule has 0 aliphatic carbocycles. The first-order valence-corrected chi connectivity index (χ1v) is 6.06. The van der Waals surface area contributed by atoms with Gasteiger partial charge in [0.05, 0.1) is 5.56 Å². The number of nitrogens with one attached hydrogen (secondary N) is 1. The Labute approximate surface area is 105 Å². The normalized spacial score (nSPS) is 12.6. The summed E-state index contributed by atoms with van der Waals surface area (Å²) in [4.78, 5) is 11.9. The second kappa shape index (κ2) is 5.23. The number of benzene rings is 1. The number of rotatable bonds is 4. The third-order valence-corrected chi connectivity index (χ3v) is 3.13. The van der Waals surface area contributed by atoms with Crippen molar-refractivity contribution in [3.63, 3.8) is 0 Å². The number of carbonyl (C=O) groups excluding carboxylic acids is 1. The molecule has 0 aliphatic rings. The second-order valence-corrected chi connectivity index (χ2v) is 4.42. The van der Waals surface area contributed by atoms with E-state index in [1.54, 1.807) is 0 Å². The van der Waals surface area contributed by atoms with Crippen molar-refractivity contribution in [2.45, 2.75) is 6.92 Å². The van der Waals surface area contributed by atoms with Crippen LogP contribution in [0.2, 0.25) is 0 Å². The molecule has 0 saturated carbocycles. The zero-order chi connectivity index (χ0) is 12.3. The van der Waals surface area contributed by atoms with E-state index < -0.39 is 0 Å². The standard InChI is InChI=1S/C13H14ClNO2/c1-9(6-14)7-15-13(16)11-8-17-12-5-3-2-4-10(11)12/h2-5,8-9H,6-7H2,1H3,(H,15,16). The zero-order valence-electron chi connectivity index (χ0n) is 9.57. The molecule has 1 aromatic carbocycles. The minimum absolute atomic E-state index is 0.119. The van der Waals surface area contributed by atoms with Crippen LogP contribution in [0.5, 0.6) is 0 Å². The Bertz CT molecular complexity index is 521. The highest BCUT2D eigenvalue weighted by Gasteiger charge is 2.13. The van der Waals surface area contributed by atoms with Gasteiger partial charge in [0, 0.05) is 17.8 Å². The van der Waals surface area contributed by atoms with E-state index in [-0.39, 0.29) is 11.8 Å². The van der Waals surface area contributed by atoms with Crippen LogP contribution in [0.3, 0.4) is 0 Å². The van der Waals surface area contributed by atoms with Crippen molar-refractivity contribution < 1.29 is 9.21 Å². The molecule has 1 N–H and O–H groups in total. The molecule has 3 nitrogen and oxygen atoms in total. The summed E-state index contributed by atoms with van der Waals surface area (Å²) >= 11 is 5.69. The molecule has 1 atom stereocenters. The number of fused-ring (bicyclic) bond motifs is 1. The van der Waals surface area contributed by atoms with Crippen LogP contribution in [0.4, 0.5) is 0 Å². The smallest absolute Gasteiger partial charge is 0.255 e. The molecule has 1 aromatic heterocycles. The monoisotopic (exact) mass is 251 g/mol. The lowest BCUT2D eigenvalue weighted by atomic mass is 10.1. The summed E-state index contributed by atoms with van der Waals surface area (Å²) in [7, 11) is 0. The van der Waals surface area contributed by atoms with Crippen molar-refractivity contribution in [1.29, 1.82) is 0 Å². The Morgan fingerprint density at radius 3 is 3.00 bits per heavy atom. The average molecular weight is 252 g/mol. The first-order chi connectivity index (χ1) is 8.22. The number of furan rings is 1.